The standard InChI is InChI=1S/C7H8FNO/c1-5(10)7-4-6(8)2-3-9-7/h2-5,10H,1H3/t5-/m0/s1. The van der Waals surface area contributed by atoms with Gasteiger partial charge in [-0.3, -0.25) is 4.98 Å². The van der Waals surface area contributed by atoms with Gasteiger partial charge in [0.05, 0.1) is 11.8 Å². The maximum Gasteiger partial charge on any atom is 0.126 e. The molecule has 0 aliphatic carbocycles. The molecule has 0 unspecified atom stereocenters. The van der Waals surface area contributed by atoms with E-state index in [1.165, 1.54) is 18.3 Å². The molecule has 1 rings (SSSR count). The van der Waals surface area contributed by atoms with Crippen molar-refractivity contribution in [1.29, 1.82) is 0 Å². The van der Waals surface area contributed by atoms with Crippen LogP contribution in [0.15, 0.2) is 18.3 Å². The lowest BCUT2D eigenvalue weighted by Gasteiger charge is -2.00. The van der Waals surface area contributed by atoms with Crippen LogP contribution in [0.3, 0.4) is 0 Å². The minimum atomic E-state index is -0.698. The molecule has 2 nitrogen and oxygen atoms in total. The van der Waals surface area contributed by atoms with E-state index in [9.17, 15) is 4.39 Å². The summed E-state index contributed by atoms with van der Waals surface area (Å²) in [6.45, 7) is 1.54. The van der Waals surface area contributed by atoms with Crippen molar-refractivity contribution in [3.8, 4) is 0 Å². The highest BCUT2D eigenvalue weighted by molar-refractivity contribution is 5.07. The molecule has 0 amide bonds. The third kappa shape index (κ3) is 1.51. The summed E-state index contributed by atoms with van der Waals surface area (Å²) in [6.07, 6.45) is 0.632. The Morgan fingerprint density at radius 1 is 1.70 bits per heavy atom. The molecule has 1 heterocycles. The molecule has 0 saturated carbocycles. The smallest absolute Gasteiger partial charge is 0.126 e. The average molecular weight is 141 g/mol. The summed E-state index contributed by atoms with van der Waals surface area (Å²) in [7, 11) is 0. The number of aromatic nitrogens is 1. The van der Waals surface area contributed by atoms with Crippen LogP contribution in [0.1, 0.15) is 18.7 Å². The number of hydrogen-bond donors (Lipinski definition) is 1. The van der Waals surface area contributed by atoms with Crippen molar-refractivity contribution in [2.24, 2.45) is 0 Å². The normalized spacial score (nSPS) is 13.1. The van der Waals surface area contributed by atoms with E-state index in [4.69, 9.17) is 5.11 Å². The van der Waals surface area contributed by atoms with Gasteiger partial charge < -0.3 is 5.11 Å². The van der Waals surface area contributed by atoms with E-state index in [-0.39, 0.29) is 5.82 Å². The molecule has 0 fully saturated rings. The minimum absolute atomic E-state index is 0.361. The molecule has 0 radical (unpaired) electrons. The number of aliphatic hydroxyl groups is 1. The van der Waals surface area contributed by atoms with Crippen LogP contribution >= 0.6 is 0 Å². The molecule has 3 heteroatoms. The maximum absolute atomic E-state index is 12.4. The first-order valence-electron chi connectivity index (χ1n) is 2.99. The van der Waals surface area contributed by atoms with Crippen LogP contribution in [0.4, 0.5) is 4.39 Å². The van der Waals surface area contributed by atoms with Crippen molar-refractivity contribution in [2.45, 2.75) is 13.0 Å². The predicted molar refractivity (Wildman–Crippen MR) is 34.8 cm³/mol. The molecule has 54 valence electrons. The van der Waals surface area contributed by atoms with Gasteiger partial charge in [0, 0.05) is 6.20 Å². The van der Waals surface area contributed by atoms with Crippen LogP contribution in [0.25, 0.3) is 0 Å². The lowest BCUT2D eigenvalue weighted by Crippen LogP contribution is -1.94. The molecular formula is C7H8FNO. The molecule has 0 aromatic carbocycles. The summed E-state index contributed by atoms with van der Waals surface area (Å²) in [6, 6.07) is 2.45. The number of nitrogens with zero attached hydrogens (tertiary/aromatic N) is 1. The highest BCUT2D eigenvalue weighted by Crippen LogP contribution is 2.08. The summed E-state index contributed by atoms with van der Waals surface area (Å²) < 4.78 is 12.4. The lowest BCUT2D eigenvalue weighted by molar-refractivity contribution is 0.194. The van der Waals surface area contributed by atoms with Gasteiger partial charge in [-0.2, -0.15) is 0 Å². The van der Waals surface area contributed by atoms with Crippen LogP contribution < -0.4 is 0 Å². The first-order chi connectivity index (χ1) is 4.70. The first-order valence-corrected chi connectivity index (χ1v) is 2.99. The van der Waals surface area contributed by atoms with Gasteiger partial charge in [-0.15, -0.1) is 0 Å². The molecule has 10 heavy (non-hydrogen) atoms. The molecule has 0 spiro atoms. The zero-order chi connectivity index (χ0) is 7.56. The second kappa shape index (κ2) is 2.75. The van der Waals surface area contributed by atoms with Gasteiger partial charge in [0.15, 0.2) is 0 Å². The summed E-state index contributed by atoms with van der Waals surface area (Å²) in [5.74, 6) is -0.370. The van der Waals surface area contributed by atoms with Gasteiger partial charge in [-0.1, -0.05) is 0 Å². The Morgan fingerprint density at radius 2 is 2.40 bits per heavy atom. The highest BCUT2D eigenvalue weighted by atomic mass is 19.1. The zero-order valence-electron chi connectivity index (χ0n) is 5.58. The van der Waals surface area contributed by atoms with Crippen molar-refractivity contribution >= 4 is 0 Å². The van der Waals surface area contributed by atoms with Crippen molar-refractivity contribution in [2.75, 3.05) is 0 Å². The van der Waals surface area contributed by atoms with Crippen LogP contribution in [0.5, 0.6) is 0 Å². The van der Waals surface area contributed by atoms with Gasteiger partial charge in [-0.05, 0) is 19.1 Å². The van der Waals surface area contributed by atoms with Crippen molar-refractivity contribution in [1.82, 2.24) is 4.98 Å². The summed E-state index contributed by atoms with van der Waals surface area (Å²) in [5.41, 5.74) is 0.361. The van der Waals surface area contributed by atoms with Crippen LogP contribution in [0.2, 0.25) is 0 Å². The van der Waals surface area contributed by atoms with Crippen LogP contribution in [0, 0.1) is 5.82 Å². The number of hydrogen-bond acceptors (Lipinski definition) is 2. The SMILES string of the molecule is C[C@H](O)c1cc(F)ccn1. The number of halogens is 1. The van der Waals surface area contributed by atoms with E-state index in [0.29, 0.717) is 5.69 Å². The second-order valence-electron chi connectivity index (χ2n) is 2.07. The Bertz CT molecular complexity index is 225. The molecule has 1 aromatic heterocycles. The molecule has 1 atom stereocenters. The summed E-state index contributed by atoms with van der Waals surface area (Å²) in [5, 5.41) is 8.92. The zero-order valence-corrected chi connectivity index (χ0v) is 5.58. The van der Waals surface area contributed by atoms with E-state index in [2.05, 4.69) is 4.98 Å². The minimum Gasteiger partial charge on any atom is -0.387 e. The van der Waals surface area contributed by atoms with Crippen LogP contribution in [-0.2, 0) is 0 Å². The highest BCUT2D eigenvalue weighted by Gasteiger charge is 2.01. The molecule has 1 N–H and O–H groups in total. The molecule has 0 aliphatic rings. The molecule has 1 aromatic rings. The Labute approximate surface area is 58.3 Å². The second-order valence-corrected chi connectivity index (χ2v) is 2.07. The Morgan fingerprint density at radius 3 is 2.80 bits per heavy atom. The Kier molecular flexibility index (Phi) is 1.97. The van der Waals surface area contributed by atoms with Gasteiger partial charge >= 0.3 is 0 Å². The monoisotopic (exact) mass is 141 g/mol. The van der Waals surface area contributed by atoms with Gasteiger partial charge in [0.25, 0.3) is 0 Å². The third-order valence-corrected chi connectivity index (χ3v) is 1.17. The third-order valence-electron chi connectivity index (χ3n) is 1.17. The number of aliphatic hydroxyl groups excluding tert-OH is 1. The van der Waals surface area contributed by atoms with Gasteiger partial charge in [0.1, 0.15) is 5.82 Å². The van der Waals surface area contributed by atoms with Crippen molar-refractivity contribution in [3.05, 3.63) is 29.8 Å². The quantitative estimate of drug-likeness (QED) is 0.639. The number of pyridine rings is 1. The molecule has 0 bridgehead atoms. The van der Waals surface area contributed by atoms with Gasteiger partial charge in [0.2, 0.25) is 0 Å². The predicted octanol–water partition coefficient (Wildman–Crippen LogP) is 1.27. The van der Waals surface area contributed by atoms with Crippen molar-refractivity contribution in [3.63, 3.8) is 0 Å². The van der Waals surface area contributed by atoms with Crippen LogP contribution in [-0.4, -0.2) is 10.1 Å². The molecular weight excluding hydrogens is 133 g/mol. The molecule has 0 aliphatic heterocycles. The fraction of sp³-hybridized carbons (Fsp3) is 0.286. The summed E-state index contributed by atoms with van der Waals surface area (Å²) >= 11 is 0. The van der Waals surface area contributed by atoms with E-state index < -0.39 is 6.10 Å². The average Bonchev–Trinajstić information content (AvgIpc) is 1.88. The molecule has 0 saturated heterocycles. The maximum atomic E-state index is 12.4. The first kappa shape index (κ1) is 7.15. The van der Waals surface area contributed by atoms with E-state index >= 15 is 0 Å². The fourth-order valence-electron chi connectivity index (χ4n) is 0.650. The fourth-order valence-corrected chi connectivity index (χ4v) is 0.650. The number of rotatable bonds is 1. The lowest BCUT2D eigenvalue weighted by atomic mass is 10.2. The largest absolute Gasteiger partial charge is 0.387 e. The van der Waals surface area contributed by atoms with Gasteiger partial charge in [-0.25, -0.2) is 4.39 Å². The van der Waals surface area contributed by atoms with Crippen molar-refractivity contribution < 1.29 is 9.50 Å². The topological polar surface area (TPSA) is 33.1 Å². The van der Waals surface area contributed by atoms with E-state index in [0.717, 1.165) is 0 Å². The van der Waals surface area contributed by atoms with E-state index in [1.807, 2.05) is 0 Å². The summed E-state index contributed by atoms with van der Waals surface area (Å²) in [4.78, 5) is 3.75. The Hall–Kier alpha value is -0.960. The Balaban J connectivity index is 2.96. The van der Waals surface area contributed by atoms with E-state index in [1.54, 1.807) is 6.92 Å².